The minimum absolute atomic E-state index is 0.308. The van der Waals surface area contributed by atoms with E-state index in [4.69, 9.17) is 9.47 Å². The Hall–Kier alpha value is -1.54. The fraction of sp³-hybridized carbons (Fsp3) is 0.833. The zero-order valence-electron chi connectivity index (χ0n) is 12.2. The van der Waals surface area contributed by atoms with Crippen molar-refractivity contribution in [3.05, 3.63) is 0 Å². The minimum Gasteiger partial charge on any atom is -0.429 e. The van der Waals surface area contributed by atoms with Gasteiger partial charge in [0.05, 0.1) is 0 Å². The smallest absolute Gasteiger partial charge is 0.429 e. The third kappa shape index (κ3) is 10.4. The van der Waals surface area contributed by atoms with E-state index in [0.29, 0.717) is 12.8 Å². The fourth-order valence-corrected chi connectivity index (χ4v) is 1.38. The molecule has 0 heterocycles. The summed E-state index contributed by atoms with van der Waals surface area (Å²) < 4.78 is 9.51. The quantitative estimate of drug-likeness (QED) is 0.276. The molecule has 8 nitrogen and oxygen atoms in total. The van der Waals surface area contributed by atoms with Crippen LogP contribution in [0.2, 0.25) is 0 Å². The van der Waals surface area contributed by atoms with Crippen LogP contribution in [0.4, 0.5) is 9.59 Å². The van der Waals surface area contributed by atoms with Crippen LogP contribution in [0.15, 0.2) is 0 Å². The summed E-state index contributed by atoms with van der Waals surface area (Å²) in [5.74, 6) is 0. The summed E-state index contributed by atoms with van der Waals surface area (Å²) in [4.78, 5) is 30.1. The van der Waals surface area contributed by atoms with Crippen molar-refractivity contribution in [3.63, 3.8) is 0 Å². The normalized spacial score (nSPS) is 13.2. The van der Waals surface area contributed by atoms with Crippen LogP contribution in [-0.2, 0) is 29.3 Å². The van der Waals surface area contributed by atoms with Crippen molar-refractivity contribution in [1.82, 2.24) is 0 Å². The molecule has 0 N–H and O–H groups in total. The monoisotopic (exact) mass is 294 g/mol. The van der Waals surface area contributed by atoms with Crippen LogP contribution in [0.1, 0.15) is 53.4 Å². The van der Waals surface area contributed by atoms with Crippen LogP contribution >= 0.6 is 0 Å². The van der Waals surface area contributed by atoms with Gasteiger partial charge in [0, 0.05) is 10.1 Å². The Morgan fingerprint density at radius 3 is 1.45 bits per heavy atom. The van der Waals surface area contributed by atoms with E-state index in [0.717, 1.165) is 12.8 Å². The molecule has 0 spiro atoms. The number of ether oxygens (including phenoxy) is 2. The molecule has 0 saturated heterocycles. The van der Waals surface area contributed by atoms with Gasteiger partial charge >= 0.3 is 12.3 Å². The van der Waals surface area contributed by atoms with E-state index in [-0.39, 0.29) is 12.2 Å². The summed E-state index contributed by atoms with van der Waals surface area (Å²) in [5, 5.41) is 7.78. The van der Waals surface area contributed by atoms with Crippen LogP contribution < -0.4 is 0 Å². The molecule has 0 radical (unpaired) electrons. The molecule has 0 aromatic carbocycles. The van der Waals surface area contributed by atoms with Gasteiger partial charge < -0.3 is 9.47 Å². The topological polar surface area (TPSA) is 89.5 Å². The lowest BCUT2D eigenvalue weighted by molar-refractivity contribution is -0.601. The average molecular weight is 294 g/mol. The molecule has 0 amide bonds. The van der Waals surface area contributed by atoms with E-state index in [2.05, 4.69) is 19.9 Å². The summed E-state index contributed by atoms with van der Waals surface area (Å²) in [6.07, 6.45) is 0.286. The van der Waals surface area contributed by atoms with E-state index in [1.54, 1.807) is 13.8 Å². The van der Waals surface area contributed by atoms with Crippen molar-refractivity contribution in [2.24, 2.45) is 0 Å². The van der Waals surface area contributed by atoms with Gasteiger partial charge in [0.2, 0.25) is 0 Å². The van der Waals surface area contributed by atoms with Crippen LogP contribution in [0, 0.1) is 0 Å². The molecule has 0 aliphatic rings. The molecular weight excluding hydrogens is 272 g/mol. The fourth-order valence-electron chi connectivity index (χ4n) is 1.38. The highest BCUT2D eigenvalue weighted by atomic mass is 17.7. The first-order valence-electron chi connectivity index (χ1n) is 6.58. The molecule has 2 atom stereocenters. The predicted molar refractivity (Wildman–Crippen MR) is 66.0 cm³/mol. The summed E-state index contributed by atoms with van der Waals surface area (Å²) in [7, 11) is 0. The first-order valence-corrected chi connectivity index (χ1v) is 6.58. The predicted octanol–water partition coefficient (Wildman–Crippen LogP) is 3.45. The molecule has 0 aromatic rings. The maximum atomic E-state index is 11.0. The van der Waals surface area contributed by atoms with Gasteiger partial charge in [0.15, 0.2) is 0 Å². The molecule has 118 valence electrons. The number of hydrogen-bond acceptors (Lipinski definition) is 8. The lowest BCUT2D eigenvalue weighted by Crippen LogP contribution is -2.18. The van der Waals surface area contributed by atoms with Gasteiger partial charge in [-0.3, -0.25) is 0 Å². The van der Waals surface area contributed by atoms with Crippen LogP contribution in [0.5, 0.6) is 0 Å². The summed E-state index contributed by atoms with van der Waals surface area (Å²) >= 11 is 0. The maximum absolute atomic E-state index is 11.0. The first kappa shape index (κ1) is 18.5. The van der Waals surface area contributed by atoms with E-state index < -0.39 is 12.3 Å². The zero-order valence-corrected chi connectivity index (χ0v) is 12.2. The van der Waals surface area contributed by atoms with E-state index >= 15 is 0 Å². The Morgan fingerprint density at radius 1 is 0.800 bits per heavy atom. The third-order valence-electron chi connectivity index (χ3n) is 2.22. The van der Waals surface area contributed by atoms with Crippen molar-refractivity contribution in [2.75, 3.05) is 0 Å². The Morgan fingerprint density at radius 2 is 1.15 bits per heavy atom. The van der Waals surface area contributed by atoms with Gasteiger partial charge in [-0.25, -0.2) is 19.4 Å². The second-order valence-corrected chi connectivity index (χ2v) is 4.24. The molecule has 0 rings (SSSR count). The van der Waals surface area contributed by atoms with Gasteiger partial charge in [0.25, 0.3) is 0 Å². The summed E-state index contributed by atoms with van der Waals surface area (Å²) in [5.41, 5.74) is 0. The van der Waals surface area contributed by atoms with Crippen LogP contribution in [0.25, 0.3) is 0 Å². The highest BCUT2D eigenvalue weighted by Crippen LogP contribution is 2.04. The molecule has 0 saturated carbocycles. The Kier molecular flexibility index (Phi) is 10.4. The average Bonchev–Trinajstić information content (AvgIpc) is 2.35. The molecule has 0 fully saturated rings. The SMILES string of the molecule is CCCC(C)OC(=O)OOOOC(=O)OC(C)CCC. The number of carbonyl (C=O) groups excluding carboxylic acids is 2. The summed E-state index contributed by atoms with van der Waals surface area (Å²) in [6, 6.07) is 0. The standard InChI is InChI=1S/C12H22O8/c1-5-7-9(3)15-11(13)17-19-20-18-12(14)16-10(4)8-6-2/h9-10H,5-8H2,1-4H3. The molecule has 0 bridgehead atoms. The van der Waals surface area contributed by atoms with E-state index in [1.165, 1.54) is 0 Å². The van der Waals surface area contributed by atoms with Gasteiger partial charge in [-0.1, -0.05) is 26.7 Å². The Balaban J connectivity index is 3.60. The second kappa shape index (κ2) is 11.3. The third-order valence-corrected chi connectivity index (χ3v) is 2.22. The highest BCUT2D eigenvalue weighted by Gasteiger charge is 2.14. The van der Waals surface area contributed by atoms with Crippen molar-refractivity contribution >= 4 is 12.3 Å². The minimum atomic E-state index is -1.10. The van der Waals surface area contributed by atoms with Crippen molar-refractivity contribution in [3.8, 4) is 0 Å². The Bertz CT molecular complexity index is 253. The van der Waals surface area contributed by atoms with Crippen LogP contribution in [0.3, 0.4) is 0 Å². The first-order chi connectivity index (χ1) is 9.49. The lowest BCUT2D eigenvalue weighted by atomic mass is 10.2. The molecule has 0 aliphatic carbocycles. The molecule has 0 aromatic heterocycles. The van der Waals surface area contributed by atoms with E-state index in [9.17, 15) is 9.59 Å². The number of rotatable bonds is 9. The Labute approximate surface area is 118 Å². The molecule has 2 unspecified atom stereocenters. The van der Waals surface area contributed by atoms with Gasteiger partial charge in [-0.2, -0.15) is 0 Å². The van der Waals surface area contributed by atoms with Crippen molar-refractivity contribution in [1.29, 1.82) is 0 Å². The largest absolute Gasteiger partial charge is 0.542 e. The maximum Gasteiger partial charge on any atom is 0.542 e. The van der Waals surface area contributed by atoms with Crippen molar-refractivity contribution < 1.29 is 38.9 Å². The van der Waals surface area contributed by atoms with Gasteiger partial charge in [0.1, 0.15) is 12.2 Å². The number of hydrogen-bond donors (Lipinski definition) is 0. The van der Waals surface area contributed by atoms with E-state index in [1.807, 2.05) is 13.8 Å². The number of carbonyl (C=O) groups is 2. The zero-order chi connectivity index (χ0) is 15.4. The summed E-state index contributed by atoms with van der Waals surface area (Å²) in [6.45, 7) is 7.30. The highest BCUT2D eigenvalue weighted by molar-refractivity contribution is 5.59. The molecule has 8 heteroatoms. The second-order valence-electron chi connectivity index (χ2n) is 4.24. The molecular formula is C12H22O8. The lowest BCUT2D eigenvalue weighted by Gasteiger charge is -2.11. The molecule has 0 aliphatic heterocycles. The molecule has 20 heavy (non-hydrogen) atoms. The van der Waals surface area contributed by atoms with Crippen LogP contribution in [-0.4, -0.2) is 24.5 Å². The van der Waals surface area contributed by atoms with Gasteiger partial charge in [-0.05, 0) is 26.7 Å². The van der Waals surface area contributed by atoms with Gasteiger partial charge in [-0.15, -0.1) is 0 Å². The van der Waals surface area contributed by atoms with Crippen molar-refractivity contribution in [2.45, 2.75) is 65.6 Å².